The van der Waals surface area contributed by atoms with Crippen LogP contribution >= 0.6 is 7.60 Å². The number of nitrogens with zero attached hydrogens (tertiary/aromatic N) is 1. The first-order valence-corrected chi connectivity index (χ1v) is 8.20. The molecule has 1 atom stereocenters. The van der Waals surface area contributed by atoms with Crippen molar-refractivity contribution in [3.63, 3.8) is 0 Å². The predicted molar refractivity (Wildman–Crippen MR) is 76.1 cm³/mol. The molecule has 0 spiro atoms. The van der Waals surface area contributed by atoms with Crippen molar-refractivity contribution in [2.45, 2.75) is 39.5 Å². The fourth-order valence-corrected chi connectivity index (χ4v) is 3.79. The maximum absolute atomic E-state index is 12.9. The maximum Gasteiger partial charge on any atom is 0.353 e. The highest BCUT2D eigenvalue weighted by Gasteiger charge is 2.38. The minimum absolute atomic E-state index is 0.140. The summed E-state index contributed by atoms with van der Waals surface area (Å²) >= 11 is 0. The van der Waals surface area contributed by atoms with Crippen molar-refractivity contribution in [2.75, 3.05) is 13.2 Å². The van der Waals surface area contributed by atoms with Crippen LogP contribution in [0.4, 0.5) is 0 Å². The van der Waals surface area contributed by atoms with Crippen LogP contribution in [-0.4, -0.2) is 24.2 Å². The second-order valence-electron chi connectivity index (χ2n) is 4.35. The molecule has 0 aliphatic carbocycles. The van der Waals surface area contributed by atoms with E-state index in [1.54, 1.807) is 20.0 Å². The minimum Gasteiger partial charge on any atom is -0.308 e. The molecule has 0 aliphatic heterocycles. The first kappa shape index (κ1) is 16.3. The van der Waals surface area contributed by atoms with E-state index < -0.39 is 13.4 Å². The third kappa shape index (κ3) is 4.69. The smallest absolute Gasteiger partial charge is 0.308 e. The lowest BCUT2D eigenvalue weighted by Gasteiger charge is -2.28. The molecule has 1 aromatic rings. The zero-order valence-corrected chi connectivity index (χ0v) is 12.9. The molecule has 0 saturated heterocycles. The molecular formula is C13H23N2O3P. The quantitative estimate of drug-likeness (QED) is 0.743. The molecule has 0 aromatic carbocycles. The van der Waals surface area contributed by atoms with Gasteiger partial charge >= 0.3 is 7.60 Å². The summed E-state index contributed by atoms with van der Waals surface area (Å²) in [4.78, 5) is 4.27. The lowest BCUT2D eigenvalue weighted by atomic mass is 10.3. The van der Waals surface area contributed by atoms with Crippen LogP contribution in [0.1, 0.15) is 39.2 Å². The third-order valence-electron chi connectivity index (χ3n) is 2.39. The van der Waals surface area contributed by atoms with Crippen LogP contribution in [-0.2, 0) is 13.6 Å². The van der Waals surface area contributed by atoms with Crippen molar-refractivity contribution in [2.24, 2.45) is 0 Å². The minimum atomic E-state index is -3.28. The van der Waals surface area contributed by atoms with E-state index in [1.807, 2.05) is 32.0 Å². The molecule has 0 radical (unpaired) electrons. The average Bonchev–Trinajstić information content (AvgIpc) is 2.37. The second kappa shape index (κ2) is 7.75. The van der Waals surface area contributed by atoms with E-state index in [-0.39, 0.29) is 6.04 Å². The zero-order valence-electron chi connectivity index (χ0n) is 12.0. The number of hydrogen-bond donors (Lipinski definition) is 1. The number of rotatable bonds is 8. The Kier molecular flexibility index (Phi) is 6.66. The van der Waals surface area contributed by atoms with E-state index >= 15 is 0 Å². The summed E-state index contributed by atoms with van der Waals surface area (Å²) in [6, 6.07) is 5.65. The van der Waals surface area contributed by atoms with E-state index in [4.69, 9.17) is 9.05 Å². The van der Waals surface area contributed by atoms with Crippen LogP contribution in [0.2, 0.25) is 0 Å². The normalized spacial score (nSPS) is 13.7. The molecule has 5 nitrogen and oxygen atoms in total. The van der Waals surface area contributed by atoms with Crippen molar-refractivity contribution in [1.29, 1.82) is 0 Å². The Morgan fingerprint density at radius 1 is 1.26 bits per heavy atom. The summed E-state index contributed by atoms with van der Waals surface area (Å²) in [5.41, 5.74) is 0.668. The first-order valence-electron chi connectivity index (χ1n) is 6.59. The van der Waals surface area contributed by atoms with Gasteiger partial charge in [-0.25, -0.2) is 0 Å². The lowest BCUT2D eigenvalue weighted by molar-refractivity contribution is 0.205. The largest absolute Gasteiger partial charge is 0.353 e. The molecule has 0 amide bonds. The number of pyridine rings is 1. The molecule has 1 N–H and O–H groups in total. The molecule has 0 unspecified atom stereocenters. The van der Waals surface area contributed by atoms with Crippen LogP contribution in [0.5, 0.6) is 0 Å². The summed E-state index contributed by atoms with van der Waals surface area (Å²) in [6.45, 7) is 8.24. The zero-order chi connectivity index (χ0) is 14.3. The van der Waals surface area contributed by atoms with Gasteiger partial charge in [0.05, 0.1) is 18.9 Å². The Balaban J connectivity index is 3.10. The molecule has 0 fully saturated rings. The Morgan fingerprint density at radius 3 is 2.32 bits per heavy atom. The average molecular weight is 286 g/mol. The van der Waals surface area contributed by atoms with Crippen LogP contribution in [0.25, 0.3) is 0 Å². The van der Waals surface area contributed by atoms with Crippen LogP contribution in [0, 0.1) is 0 Å². The summed E-state index contributed by atoms with van der Waals surface area (Å²) < 4.78 is 23.7. The molecule has 19 heavy (non-hydrogen) atoms. The van der Waals surface area contributed by atoms with Crippen molar-refractivity contribution in [3.05, 3.63) is 30.1 Å². The Labute approximate surface area is 115 Å². The Bertz CT molecular complexity index is 402. The molecule has 108 valence electrons. The molecule has 1 rings (SSSR count). The van der Waals surface area contributed by atoms with E-state index in [0.717, 1.165) is 0 Å². The summed E-state index contributed by atoms with van der Waals surface area (Å²) in [5, 5.41) is 3.23. The van der Waals surface area contributed by atoms with Gasteiger partial charge in [-0.3, -0.25) is 14.9 Å². The molecular weight excluding hydrogens is 263 g/mol. The summed E-state index contributed by atoms with van der Waals surface area (Å²) in [6.07, 6.45) is 1.67. The van der Waals surface area contributed by atoms with Gasteiger partial charge in [-0.1, -0.05) is 6.07 Å². The van der Waals surface area contributed by atoms with Gasteiger partial charge in [0.25, 0.3) is 0 Å². The Hall–Kier alpha value is -0.740. The van der Waals surface area contributed by atoms with Gasteiger partial charge in [-0.15, -0.1) is 0 Å². The van der Waals surface area contributed by atoms with E-state index in [0.29, 0.717) is 18.9 Å². The predicted octanol–water partition coefficient (Wildman–Crippen LogP) is 3.34. The van der Waals surface area contributed by atoms with Crippen molar-refractivity contribution >= 4 is 7.60 Å². The summed E-state index contributed by atoms with van der Waals surface area (Å²) in [5.74, 6) is -0.548. The van der Waals surface area contributed by atoms with Crippen molar-refractivity contribution < 1.29 is 13.6 Å². The van der Waals surface area contributed by atoms with Crippen LogP contribution < -0.4 is 5.32 Å². The number of aromatic nitrogens is 1. The van der Waals surface area contributed by atoms with Gasteiger partial charge in [0.2, 0.25) is 0 Å². The summed E-state index contributed by atoms with van der Waals surface area (Å²) in [7, 11) is -3.28. The van der Waals surface area contributed by atoms with Crippen LogP contribution in [0.15, 0.2) is 24.4 Å². The maximum atomic E-state index is 12.9. The fraction of sp³-hybridized carbons (Fsp3) is 0.615. The van der Waals surface area contributed by atoms with Gasteiger partial charge in [0.15, 0.2) is 5.78 Å². The van der Waals surface area contributed by atoms with Crippen molar-refractivity contribution in [1.82, 2.24) is 10.3 Å². The monoisotopic (exact) mass is 286 g/mol. The highest BCUT2D eigenvalue weighted by atomic mass is 31.2. The molecule has 1 heterocycles. The van der Waals surface area contributed by atoms with Crippen molar-refractivity contribution in [3.8, 4) is 0 Å². The Morgan fingerprint density at radius 2 is 1.89 bits per heavy atom. The first-order chi connectivity index (χ1) is 9.03. The number of nitrogens with one attached hydrogen (secondary N) is 1. The lowest BCUT2D eigenvalue weighted by Crippen LogP contribution is -2.30. The van der Waals surface area contributed by atoms with Crippen LogP contribution in [0.3, 0.4) is 0 Å². The van der Waals surface area contributed by atoms with Gasteiger partial charge < -0.3 is 9.05 Å². The van der Waals surface area contributed by atoms with E-state index in [9.17, 15) is 4.57 Å². The van der Waals surface area contributed by atoms with Gasteiger partial charge in [-0.2, -0.15) is 0 Å². The van der Waals surface area contributed by atoms with E-state index in [1.165, 1.54) is 0 Å². The third-order valence-corrected chi connectivity index (χ3v) is 4.68. The molecule has 0 aliphatic rings. The number of hydrogen-bond acceptors (Lipinski definition) is 5. The molecule has 0 bridgehead atoms. The highest BCUT2D eigenvalue weighted by Crippen LogP contribution is 2.59. The van der Waals surface area contributed by atoms with E-state index in [2.05, 4.69) is 10.3 Å². The van der Waals surface area contributed by atoms with Gasteiger partial charge in [0.1, 0.15) is 0 Å². The molecule has 6 heteroatoms. The molecule has 0 saturated carbocycles. The van der Waals surface area contributed by atoms with Gasteiger partial charge in [-0.05, 0) is 39.8 Å². The highest BCUT2D eigenvalue weighted by molar-refractivity contribution is 7.54. The SMILES string of the molecule is CCOP(=O)(OCC)[C@H](NC(C)C)c1ccccn1. The standard InChI is InChI=1S/C13H23N2O3P/c1-5-17-19(16,18-6-2)13(15-11(3)4)12-9-7-8-10-14-12/h7-11,13,15H,5-6H2,1-4H3/t13-/m0/s1. The van der Waals surface area contributed by atoms with Gasteiger partial charge in [0, 0.05) is 12.2 Å². The fourth-order valence-electron chi connectivity index (χ4n) is 1.74. The second-order valence-corrected chi connectivity index (χ2v) is 6.47. The molecule has 1 aromatic heterocycles. The topological polar surface area (TPSA) is 60.5 Å².